The van der Waals surface area contributed by atoms with E-state index in [1.807, 2.05) is 0 Å². The number of hydrogen-bond acceptors (Lipinski definition) is 2. The first-order valence-electron chi connectivity index (χ1n) is 7.05. The highest BCUT2D eigenvalue weighted by atomic mass is 19.4. The molecule has 0 aromatic rings. The number of piperidine rings is 1. The van der Waals surface area contributed by atoms with Crippen LogP contribution in [0.25, 0.3) is 0 Å². The summed E-state index contributed by atoms with van der Waals surface area (Å²) in [6.07, 6.45) is 0.0580. The lowest BCUT2D eigenvalue weighted by molar-refractivity contribution is -0.186. The van der Waals surface area contributed by atoms with E-state index in [4.69, 9.17) is 0 Å². The summed E-state index contributed by atoms with van der Waals surface area (Å²) >= 11 is 0. The van der Waals surface area contributed by atoms with Gasteiger partial charge in [0.1, 0.15) is 0 Å². The van der Waals surface area contributed by atoms with Gasteiger partial charge in [0, 0.05) is 18.6 Å². The van der Waals surface area contributed by atoms with Crippen molar-refractivity contribution in [3.8, 4) is 0 Å². The van der Waals surface area contributed by atoms with Crippen molar-refractivity contribution in [3.05, 3.63) is 0 Å². The zero-order valence-corrected chi connectivity index (χ0v) is 11.0. The third-order valence-corrected chi connectivity index (χ3v) is 4.20. The van der Waals surface area contributed by atoms with E-state index < -0.39 is 12.1 Å². The van der Waals surface area contributed by atoms with Crippen LogP contribution in [0.5, 0.6) is 0 Å². The summed E-state index contributed by atoms with van der Waals surface area (Å²) in [4.78, 5) is 2.23. The van der Waals surface area contributed by atoms with Gasteiger partial charge in [-0.2, -0.15) is 13.2 Å². The molecule has 106 valence electrons. The van der Waals surface area contributed by atoms with Gasteiger partial charge in [0.05, 0.1) is 5.92 Å². The standard InChI is InChI=1S/C13H23F3N2/c1-2-12(9-17-11-3-4-11)18-7-5-10(6-8-18)13(14,15)16/h10-12,17H,2-9H2,1H3. The molecule has 0 amide bonds. The highest BCUT2D eigenvalue weighted by molar-refractivity contribution is 4.86. The number of nitrogens with zero attached hydrogens (tertiary/aromatic N) is 1. The monoisotopic (exact) mass is 264 g/mol. The normalized spacial score (nSPS) is 25.3. The molecule has 1 saturated carbocycles. The van der Waals surface area contributed by atoms with E-state index in [0.717, 1.165) is 13.0 Å². The molecule has 0 spiro atoms. The molecule has 1 aliphatic heterocycles. The molecule has 2 nitrogen and oxygen atoms in total. The van der Waals surface area contributed by atoms with Crippen LogP contribution in [-0.2, 0) is 0 Å². The molecule has 1 unspecified atom stereocenters. The number of likely N-dealkylation sites (tertiary alicyclic amines) is 1. The number of rotatable bonds is 5. The quantitative estimate of drug-likeness (QED) is 0.821. The Morgan fingerprint density at radius 3 is 2.22 bits per heavy atom. The van der Waals surface area contributed by atoms with Crippen molar-refractivity contribution in [2.75, 3.05) is 19.6 Å². The molecular weight excluding hydrogens is 241 g/mol. The highest BCUT2D eigenvalue weighted by Crippen LogP contribution is 2.34. The van der Waals surface area contributed by atoms with Crippen LogP contribution in [0.3, 0.4) is 0 Å². The van der Waals surface area contributed by atoms with Crippen molar-refractivity contribution in [1.82, 2.24) is 10.2 Å². The fourth-order valence-electron chi connectivity index (χ4n) is 2.71. The summed E-state index contributed by atoms with van der Waals surface area (Å²) in [6, 6.07) is 1.08. The van der Waals surface area contributed by atoms with E-state index in [0.29, 0.717) is 25.2 Å². The second-order valence-corrected chi connectivity index (χ2v) is 5.60. The zero-order chi connectivity index (χ0) is 13.2. The Labute approximate surface area is 107 Å². The Kier molecular flexibility index (Phi) is 4.54. The average molecular weight is 264 g/mol. The molecule has 0 radical (unpaired) electrons. The first-order valence-corrected chi connectivity index (χ1v) is 7.05. The van der Waals surface area contributed by atoms with E-state index in [-0.39, 0.29) is 12.8 Å². The van der Waals surface area contributed by atoms with Gasteiger partial charge < -0.3 is 5.32 Å². The van der Waals surface area contributed by atoms with Crippen LogP contribution in [0.2, 0.25) is 0 Å². The van der Waals surface area contributed by atoms with E-state index in [2.05, 4.69) is 17.1 Å². The number of nitrogens with one attached hydrogen (secondary N) is 1. The minimum atomic E-state index is -4.00. The van der Waals surface area contributed by atoms with Crippen LogP contribution in [0, 0.1) is 5.92 Å². The van der Waals surface area contributed by atoms with Crippen LogP contribution >= 0.6 is 0 Å². The van der Waals surface area contributed by atoms with Gasteiger partial charge in [-0.25, -0.2) is 0 Å². The van der Waals surface area contributed by atoms with E-state index >= 15 is 0 Å². The Bertz CT molecular complexity index is 255. The minimum Gasteiger partial charge on any atom is -0.312 e. The molecule has 1 saturated heterocycles. The first kappa shape index (κ1) is 14.1. The van der Waals surface area contributed by atoms with Crippen molar-refractivity contribution >= 4 is 0 Å². The van der Waals surface area contributed by atoms with Crippen LogP contribution in [0.15, 0.2) is 0 Å². The minimum absolute atomic E-state index is 0.267. The highest BCUT2D eigenvalue weighted by Gasteiger charge is 2.41. The van der Waals surface area contributed by atoms with Crippen LogP contribution in [0.4, 0.5) is 13.2 Å². The Morgan fingerprint density at radius 2 is 1.78 bits per heavy atom. The molecule has 18 heavy (non-hydrogen) atoms. The molecule has 1 atom stereocenters. The molecule has 1 aliphatic carbocycles. The van der Waals surface area contributed by atoms with Gasteiger partial charge >= 0.3 is 6.18 Å². The lowest BCUT2D eigenvalue weighted by Gasteiger charge is -2.38. The van der Waals surface area contributed by atoms with Gasteiger partial charge in [-0.1, -0.05) is 6.92 Å². The topological polar surface area (TPSA) is 15.3 Å². The summed E-state index contributed by atoms with van der Waals surface area (Å²) in [5.74, 6) is -1.08. The van der Waals surface area contributed by atoms with Crippen molar-refractivity contribution in [2.24, 2.45) is 5.92 Å². The summed E-state index contributed by atoms with van der Waals surface area (Å²) in [5.41, 5.74) is 0. The SMILES string of the molecule is CCC(CNC1CC1)N1CCC(C(F)(F)F)CC1. The maximum atomic E-state index is 12.6. The molecule has 5 heteroatoms. The van der Waals surface area contributed by atoms with Crippen molar-refractivity contribution < 1.29 is 13.2 Å². The zero-order valence-electron chi connectivity index (χ0n) is 11.0. The maximum Gasteiger partial charge on any atom is 0.391 e. The molecule has 1 heterocycles. The molecule has 2 aliphatic rings. The maximum absolute atomic E-state index is 12.6. The van der Waals surface area contributed by atoms with Crippen molar-refractivity contribution in [1.29, 1.82) is 0 Å². The van der Waals surface area contributed by atoms with Gasteiger partial charge in [-0.3, -0.25) is 4.90 Å². The number of alkyl halides is 3. The molecule has 0 aromatic carbocycles. The fraction of sp³-hybridized carbons (Fsp3) is 1.00. The van der Waals surface area contributed by atoms with Crippen LogP contribution in [0.1, 0.15) is 39.0 Å². The lowest BCUT2D eigenvalue weighted by atomic mass is 9.95. The Hall–Kier alpha value is -0.290. The average Bonchev–Trinajstić information content (AvgIpc) is 3.13. The van der Waals surface area contributed by atoms with Gasteiger partial charge in [-0.05, 0) is 45.2 Å². The molecule has 1 N–H and O–H groups in total. The van der Waals surface area contributed by atoms with E-state index in [1.165, 1.54) is 12.8 Å². The van der Waals surface area contributed by atoms with E-state index in [1.54, 1.807) is 0 Å². The Morgan fingerprint density at radius 1 is 1.17 bits per heavy atom. The smallest absolute Gasteiger partial charge is 0.312 e. The molecule has 0 aromatic heterocycles. The molecular formula is C13H23F3N2. The largest absolute Gasteiger partial charge is 0.391 e. The second-order valence-electron chi connectivity index (χ2n) is 5.60. The summed E-state index contributed by atoms with van der Waals surface area (Å²) in [7, 11) is 0. The summed E-state index contributed by atoms with van der Waals surface area (Å²) < 4.78 is 37.7. The van der Waals surface area contributed by atoms with Gasteiger partial charge in [0.2, 0.25) is 0 Å². The molecule has 2 fully saturated rings. The van der Waals surface area contributed by atoms with Crippen LogP contribution in [-0.4, -0.2) is 42.8 Å². The second kappa shape index (κ2) is 5.78. The summed E-state index contributed by atoms with van der Waals surface area (Å²) in [6.45, 7) is 4.23. The third-order valence-electron chi connectivity index (χ3n) is 4.20. The first-order chi connectivity index (χ1) is 8.50. The predicted molar refractivity (Wildman–Crippen MR) is 65.5 cm³/mol. The van der Waals surface area contributed by atoms with Gasteiger partial charge in [0.15, 0.2) is 0 Å². The third kappa shape index (κ3) is 3.85. The Balaban J connectivity index is 1.75. The van der Waals surface area contributed by atoms with Crippen molar-refractivity contribution in [2.45, 2.75) is 57.3 Å². The molecule has 0 bridgehead atoms. The fourth-order valence-corrected chi connectivity index (χ4v) is 2.71. The van der Waals surface area contributed by atoms with Crippen LogP contribution < -0.4 is 5.32 Å². The van der Waals surface area contributed by atoms with E-state index in [9.17, 15) is 13.2 Å². The number of halogens is 3. The number of hydrogen-bond donors (Lipinski definition) is 1. The molecule has 2 rings (SSSR count). The lowest BCUT2D eigenvalue weighted by Crippen LogP contribution is -2.48. The summed E-state index contributed by atoms with van der Waals surface area (Å²) in [5, 5.41) is 3.48. The predicted octanol–water partition coefficient (Wildman–Crippen LogP) is 2.79. The van der Waals surface area contributed by atoms with Gasteiger partial charge in [0.25, 0.3) is 0 Å². The van der Waals surface area contributed by atoms with Gasteiger partial charge in [-0.15, -0.1) is 0 Å². The van der Waals surface area contributed by atoms with Crippen molar-refractivity contribution in [3.63, 3.8) is 0 Å².